The molecule has 0 aliphatic carbocycles. The van der Waals surface area contributed by atoms with Crippen molar-refractivity contribution in [1.82, 2.24) is 5.32 Å². The number of fused-ring (bicyclic) bond motifs is 1. The average molecular weight is 187 g/mol. The van der Waals surface area contributed by atoms with Gasteiger partial charge in [0.2, 0.25) is 0 Å². The molecule has 2 amide bonds. The van der Waals surface area contributed by atoms with Crippen LogP contribution in [0.15, 0.2) is 24.3 Å². The number of imide groups is 1. The maximum atomic E-state index is 10.9. The van der Waals surface area contributed by atoms with Crippen LogP contribution in [-0.4, -0.2) is 11.8 Å². The van der Waals surface area contributed by atoms with Gasteiger partial charge in [-0.3, -0.25) is 14.9 Å². The molecule has 0 saturated heterocycles. The summed E-state index contributed by atoms with van der Waals surface area (Å²) in [5.41, 5.74) is 0.940. The van der Waals surface area contributed by atoms with E-state index in [1.165, 1.54) is 0 Å². The van der Waals surface area contributed by atoms with Crippen LogP contribution in [0.5, 0.6) is 0 Å². The molecule has 1 heterocycles. The molecule has 12 heavy (non-hydrogen) atoms. The van der Waals surface area contributed by atoms with Crippen LogP contribution in [0.25, 0.3) is 0 Å². The normalized spacial score (nSPS) is 13.3. The fourth-order valence-electron chi connectivity index (χ4n) is 1.12. The second-order valence-corrected chi connectivity index (χ2v) is 2.33. The molecule has 1 N–H and O–H groups in total. The van der Waals surface area contributed by atoms with Gasteiger partial charge in [-0.15, -0.1) is 0 Å². The van der Waals surface area contributed by atoms with Gasteiger partial charge in [0, 0.05) is 0 Å². The third kappa shape index (κ3) is 1.53. The Morgan fingerprint density at radius 1 is 1.00 bits per heavy atom. The first-order valence-corrected chi connectivity index (χ1v) is 3.24. The number of hydrogen-bond acceptors (Lipinski definition) is 2. The Kier molecular flexibility index (Phi) is 3.20. The molecule has 4 heteroatoms. The minimum Gasteiger partial charge on any atom is -1.00 e. The van der Waals surface area contributed by atoms with Gasteiger partial charge in [-0.25, -0.2) is 0 Å². The molecule has 1 aliphatic rings. The molecular formula is C8H6KNO2. The van der Waals surface area contributed by atoms with E-state index in [0.29, 0.717) is 11.1 Å². The summed E-state index contributed by atoms with van der Waals surface area (Å²) in [5.74, 6) is -0.601. The smallest absolute Gasteiger partial charge is 1.00 e. The van der Waals surface area contributed by atoms with Crippen molar-refractivity contribution in [2.75, 3.05) is 0 Å². The first kappa shape index (κ1) is 10.1. The zero-order valence-corrected chi connectivity index (χ0v) is 9.75. The molecule has 2 rings (SSSR count). The molecule has 0 radical (unpaired) electrons. The summed E-state index contributed by atoms with van der Waals surface area (Å²) >= 11 is 0. The predicted molar refractivity (Wildman–Crippen MR) is 39.4 cm³/mol. The van der Waals surface area contributed by atoms with Crippen molar-refractivity contribution < 1.29 is 62.4 Å². The maximum absolute atomic E-state index is 10.9. The summed E-state index contributed by atoms with van der Waals surface area (Å²) in [6.45, 7) is 0. The number of hydrogen-bond donors (Lipinski definition) is 1. The van der Waals surface area contributed by atoms with Gasteiger partial charge in [0.1, 0.15) is 0 Å². The molecule has 56 valence electrons. The standard InChI is InChI=1S/C8H5NO2.K.H/c10-7-5-3-1-2-4-6(5)8(11)9-7;;/h1-4H,(H,9,10,11);;/q;+1;-1. The fourth-order valence-corrected chi connectivity index (χ4v) is 1.12. The second-order valence-electron chi connectivity index (χ2n) is 2.33. The Morgan fingerprint density at radius 2 is 1.42 bits per heavy atom. The van der Waals surface area contributed by atoms with Crippen molar-refractivity contribution in [3.63, 3.8) is 0 Å². The zero-order chi connectivity index (χ0) is 7.84. The predicted octanol–water partition coefficient (Wildman–Crippen LogP) is -2.31. The van der Waals surface area contributed by atoms with E-state index in [1.807, 2.05) is 0 Å². The third-order valence-electron chi connectivity index (χ3n) is 1.64. The molecule has 0 spiro atoms. The largest absolute Gasteiger partial charge is 1.00 e. The fraction of sp³-hybridized carbons (Fsp3) is 0. The first-order chi connectivity index (χ1) is 5.29. The van der Waals surface area contributed by atoms with Crippen LogP contribution in [0, 0.1) is 0 Å². The molecular weight excluding hydrogens is 181 g/mol. The van der Waals surface area contributed by atoms with Gasteiger partial charge in [0.15, 0.2) is 0 Å². The van der Waals surface area contributed by atoms with E-state index in [9.17, 15) is 9.59 Å². The van der Waals surface area contributed by atoms with Crippen molar-refractivity contribution in [3.8, 4) is 0 Å². The van der Waals surface area contributed by atoms with E-state index in [-0.39, 0.29) is 64.6 Å². The Bertz CT molecular complexity index is 321. The van der Waals surface area contributed by atoms with E-state index in [2.05, 4.69) is 5.32 Å². The number of amides is 2. The summed E-state index contributed by atoms with van der Waals surface area (Å²) in [6.07, 6.45) is 0. The summed E-state index contributed by atoms with van der Waals surface area (Å²) in [6, 6.07) is 6.74. The molecule has 0 atom stereocenters. The molecule has 1 aliphatic heterocycles. The van der Waals surface area contributed by atoms with Gasteiger partial charge in [0.05, 0.1) is 11.1 Å². The SMILES string of the molecule is O=C1NC(=O)c2ccccc21.[H-].[K+]. The molecule has 1 aromatic rings. The molecule has 0 aromatic heterocycles. The monoisotopic (exact) mass is 187 g/mol. The van der Waals surface area contributed by atoms with Gasteiger partial charge >= 0.3 is 51.4 Å². The van der Waals surface area contributed by atoms with Crippen molar-refractivity contribution >= 4 is 11.8 Å². The van der Waals surface area contributed by atoms with Crippen LogP contribution in [0.3, 0.4) is 0 Å². The molecule has 0 fully saturated rings. The van der Waals surface area contributed by atoms with E-state index in [4.69, 9.17) is 0 Å². The molecule has 3 nitrogen and oxygen atoms in total. The van der Waals surface area contributed by atoms with Gasteiger partial charge in [-0.2, -0.15) is 0 Å². The molecule has 1 aromatic carbocycles. The Balaban J connectivity index is 0.000000720. The van der Waals surface area contributed by atoms with Crippen LogP contribution < -0.4 is 56.7 Å². The van der Waals surface area contributed by atoms with E-state index in [1.54, 1.807) is 24.3 Å². The van der Waals surface area contributed by atoms with Crippen LogP contribution in [0.4, 0.5) is 0 Å². The first-order valence-electron chi connectivity index (χ1n) is 3.24. The minimum absolute atomic E-state index is 0. The Labute approximate surface area is 113 Å². The van der Waals surface area contributed by atoms with Gasteiger partial charge in [0.25, 0.3) is 11.8 Å². The minimum atomic E-state index is -0.300. The van der Waals surface area contributed by atoms with Crippen LogP contribution >= 0.6 is 0 Å². The average Bonchev–Trinajstić information content (AvgIpc) is 2.30. The van der Waals surface area contributed by atoms with Crippen molar-refractivity contribution in [1.29, 1.82) is 0 Å². The van der Waals surface area contributed by atoms with Crippen molar-refractivity contribution in [2.24, 2.45) is 0 Å². The van der Waals surface area contributed by atoms with Gasteiger partial charge < -0.3 is 1.43 Å². The zero-order valence-electron chi connectivity index (χ0n) is 7.63. The number of benzene rings is 1. The Morgan fingerprint density at radius 3 is 1.83 bits per heavy atom. The second kappa shape index (κ2) is 3.80. The number of rotatable bonds is 0. The summed E-state index contributed by atoms with van der Waals surface area (Å²) < 4.78 is 0. The van der Waals surface area contributed by atoms with E-state index in [0.717, 1.165) is 0 Å². The number of carbonyl (C=O) groups is 2. The number of nitrogens with one attached hydrogen (secondary N) is 1. The third-order valence-corrected chi connectivity index (χ3v) is 1.64. The van der Waals surface area contributed by atoms with Crippen molar-refractivity contribution in [2.45, 2.75) is 0 Å². The summed E-state index contributed by atoms with van der Waals surface area (Å²) in [5, 5.41) is 2.20. The molecule has 0 unspecified atom stereocenters. The Hall–Kier alpha value is -0.00364. The maximum Gasteiger partial charge on any atom is 1.00 e. The summed E-state index contributed by atoms with van der Waals surface area (Å²) in [7, 11) is 0. The molecule has 0 bridgehead atoms. The summed E-state index contributed by atoms with van der Waals surface area (Å²) in [4.78, 5) is 21.9. The van der Waals surface area contributed by atoms with Crippen LogP contribution in [-0.2, 0) is 0 Å². The van der Waals surface area contributed by atoms with E-state index >= 15 is 0 Å². The van der Waals surface area contributed by atoms with Gasteiger partial charge in [-0.1, -0.05) is 12.1 Å². The topological polar surface area (TPSA) is 46.2 Å². The van der Waals surface area contributed by atoms with Crippen molar-refractivity contribution in [3.05, 3.63) is 35.4 Å². The number of carbonyl (C=O) groups excluding carboxylic acids is 2. The van der Waals surface area contributed by atoms with Gasteiger partial charge in [-0.05, 0) is 12.1 Å². The molecule has 0 saturated carbocycles. The van der Waals surface area contributed by atoms with Crippen LogP contribution in [0.2, 0.25) is 0 Å². The van der Waals surface area contributed by atoms with E-state index < -0.39 is 0 Å². The van der Waals surface area contributed by atoms with Crippen LogP contribution in [0.1, 0.15) is 22.1 Å². The quantitative estimate of drug-likeness (QED) is 0.366.